The first-order chi connectivity index (χ1) is 14.0. The smallest absolute Gasteiger partial charge is 0.274 e. The summed E-state index contributed by atoms with van der Waals surface area (Å²) >= 11 is 0. The Morgan fingerprint density at radius 1 is 1.10 bits per heavy atom. The average molecular weight is 395 g/mol. The number of aryl methyl sites for hydroxylation is 3. The van der Waals surface area contributed by atoms with E-state index >= 15 is 0 Å². The molecule has 5 heteroatoms. The number of benzene rings is 1. The molecule has 0 radical (unpaired) electrons. The zero-order chi connectivity index (χ0) is 20.1. The van der Waals surface area contributed by atoms with Gasteiger partial charge in [0, 0.05) is 6.04 Å². The van der Waals surface area contributed by atoms with Crippen molar-refractivity contribution < 1.29 is 14.1 Å². The Morgan fingerprint density at radius 2 is 1.79 bits per heavy atom. The first-order valence-corrected chi connectivity index (χ1v) is 10.9. The van der Waals surface area contributed by atoms with Gasteiger partial charge >= 0.3 is 0 Å². The number of carbonyl (C=O) groups is 1. The molecule has 1 amide bonds. The molecule has 4 fully saturated rings. The molecular formula is C24H30N2O3. The van der Waals surface area contributed by atoms with E-state index in [1.165, 1.54) is 32.1 Å². The molecule has 1 heterocycles. The lowest BCUT2D eigenvalue weighted by Gasteiger charge is -2.54. The van der Waals surface area contributed by atoms with Gasteiger partial charge in [0.05, 0.1) is 5.56 Å². The molecular weight excluding hydrogens is 364 g/mol. The maximum atomic E-state index is 13.1. The Bertz CT molecular complexity index is 904. The van der Waals surface area contributed by atoms with E-state index in [0.29, 0.717) is 29.3 Å². The van der Waals surface area contributed by atoms with Crippen LogP contribution in [0.3, 0.4) is 0 Å². The first kappa shape index (κ1) is 18.7. The molecule has 1 N–H and O–H groups in total. The van der Waals surface area contributed by atoms with Crippen molar-refractivity contribution in [2.75, 3.05) is 0 Å². The van der Waals surface area contributed by atoms with Crippen molar-refractivity contribution in [1.82, 2.24) is 10.5 Å². The minimum absolute atomic E-state index is 0.112. The molecule has 1 aromatic carbocycles. The van der Waals surface area contributed by atoms with Gasteiger partial charge < -0.3 is 14.6 Å². The molecule has 4 saturated carbocycles. The highest BCUT2D eigenvalue weighted by molar-refractivity contribution is 5.94. The van der Waals surface area contributed by atoms with Crippen LogP contribution in [0, 0.1) is 44.4 Å². The molecule has 0 atom stereocenters. The van der Waals surface area contributed by atoms with Crippen LogP contribution in [-0.2, 0) is 6.61 Å². The molecule has 29 heavy (non-hydrogen) atoms. The average Bonchev–Trinajstić information content (AvgIpc) is 3.05. The van der Waals surface area contributed by atoms with Gasteiger partial charge in [-0.3, -0.25) is 4.79 Å². The van der Waals surface area contributed by atoms with Gasteiger partial charge in [-0.05, 0) is 93.7 Å². The highest BCUT2D eigenvalue weighted by Gasteiger charge is 2.48. The lowest BCUT2D eigenvalue weighted by molar-refractivity contribution is -0.0120. The third-order valence-corrected chi connectivity index (χ3v) is 7.44. The fourth-order valence-electron chi connectivity index (χ4n) is 6.13. The van der Waals surface area contributed by atoms with E-state index in [2.05, 4.69) is 16.5 Å². The van der Waals surface area contributed by atoms with Gasteiger partial charge in [0.15, 0.2) is 5.69 Å². The maximum Gasteiger partial charge on any atom is 0.274 e. The summed E-state index contributed by atoms with van der Waals surface area (Å²) in [4.78, 5) is 13.1. The van der Waals surface area contributed by atoms with Gasteiger partial charge in [-0.25, -0.2) is 0 Å². The lowest BCUT2D eigenvalue weighted by Crippen LogP contribution is -2.55. The number of aromatic nitrogens is 1. The molecule has 4 bridgehead atoms. The Balaban J connectivity index is 1.30. The van der Waals surface area contributed by atoms with Gasteiger partial charge in [0.25, 0.3) is 5.91 Å². The summed E-state index contributed by atoms with van der Waals surface area (Å²) in [6.45, 7) is 6.19. The van der Waals surface area contributed by atoms with Gasteiger partial charge in [-0.1, -0.05) is 17.3 Å². The number of rotatable bonds is 5. The van der Waals surface area contributed by atoms with Crippen molar-refractivity contribution >= 4 is 5.91 Å². The lowest BCUT2D eigenvalue weighted by atomic mass is 9.54. The zero-order valence-electron chi connectivity index (χ0n) is 17.5. The van der Waals surface area contributed by atoms with E-state index in [1.807, 2.05) is 32.9 Å². The van der Waals surface area contributed by atoms with Gasteiger partial charge in [0.2, 0.25) is 0 Å². The Hall–Kier alpha value is -2.30. The molecule has 2 aromatic rings. The van der Waals surface area contributed by atoms with Crippen molar-refractivity contribution in [3.05, 3.63) is 46.3 Å². The summed E-state index contributed by atoms with van der Waals surface area (Å²) in [5, 5.41) is 7.42. The highest BCUT2D eigenvalue weighted by Crippen LogP contribution is 2.53. The summed E-state index contributed by atoms with van der Waals surface area (Å²) < 4.78 is 11.4. The number of nitrogens with one attached hydrogen (secondary N) is 1. The van der Waals surface area contributed by atoms with Crippen LogP contribution in [-0.4, -0.2) is 17.1 Å². The van der Waals surface area contributed by atoms with E-state index < -0.39 is 0 Å². The van der Waals surface area contributed by atoms with Crippen LogP contribution in [0.15, 0.2) is 22.7 Å². The quantitative estimate of drug-likeness (QED) is 0.796. The maximum absolute atomic E-state index is 13.1. The van der Waals surface area contributed by atoms with E-state index in [0.717, 1.165) is 34.3 Å². The summed E-state index contributed by atoms with van der Waals surface area (Å²) in [6, 6.07) is 6.43. The molecule has 5 nitrogen and oxygen atoms in total. The summed E-state index contributed by atoms with van der Waals surface area (Å²) in [5.41, 5.74) is 3.34. The number of carbonyl (C=O) groups excluding carboxylic acids is 1. The molecule has 154 valence electrons. The predicted octanol–water partition coefficient (Wildman–Crippen LogP) is 4.73. The molecule has 4 aliphatic rings. The molecule has 0 saturated heterocycles. The second-order valence-corrected chi connectivity index (χ2v) is 9.55. The minimum Gasteiger partial charge on any atom is -0.488 e. The van der Waals surface area contributed by atoms with Gasteiger partial charge in [-0.15, -0.1) is 0 Å². The van der Waals surface area contributed by atoms with Crippen LogP contribution in [0.25, 0.3) is 0 Å². The predicted molar refractivity (Wildman–Crippen MR) is 110 cm³/mol. The van der Waals surface area contributed by atoms with E-state index in [4.69, 9.17) is 9.26 Å². The second kappa shape index (κ2) is 7.19. The number of amides is 1. The molecule has 0 unspecified atom stereocenters. The largest absolute Gasteiger partial charge is 0.488 e. The van der Waals surface area contributed by atoms with Crippen LogP contribution in [0.5, 0.6) is 5.75 Å². The van der Waals surface area contributed by atoms with Crippen molar-refractivity contribution in [2.24, 2.45) is 23.7 Å². The van der Waals surface area contributed by atoms with Crippen molar-refractivity contribution in [3.8, 4) is 5.75 Å². The van der Waals surface area contributed by atoms with Crippen molar-refractivity contribution in [3.63, 3.8) is 0 Å². The highest BCUT2D eigenvalue weighted by atomic mass is 16.5. The number of hydrogen-bond acceptors (Lipinski definition) is 4. The molecule has 6 rings (SSSR count). The van der Waals surface area contributed by atoms with Crippen LogP contribution >= 0.6 is 0 Å². The zero-order valence-corrected chi connectivity index (χ0v) is 17.5. The normalized spacial score (nSPS) is 29.8. The van der Waals surface area contributed by atoms with E-state index in [9.17, 15) is 4.79 Å². The Labute approximate surface area is 172 Å². The standard InChI is InChI=1S/C24H30N2O3/c1-13-4-5-14(2)21(6-13)28-12-20-15(3)29-26-23(20)24(27)25-22-18-8-16-7-17(10-18)11-19(22)9-16/h4-6,16-19,22H,7-12H2,1-3H3,(H,25,27). The molecule has 0 spiro atoms. The van der Waals surface area contributed by atoms with E-state index in [-0.39, 0.29) is 12.5 Å². The third-order valence-electron chi connectivity index (χ3n) is 7.44. The summed E-state index contributed by atoms with van der Waals surface area (Å²) in [5.74, 6) is 4.42. The minimum atomic E-state index is -0.112. The SMILES string of the molecule is Cc1ccc(C)c(OCc2c(C(=O)NC3C4CC5CC(C4)CC3C5)noc2C)c1. The van der Waals surface area contributed by atoms with Crippen molar-refractivity contribution in [2.45, 2.75) is 65.5 Å². The first-order valence-electron chi connectivity index (χ1n) is 10.9. The molecule has 1 aromatic heterocycles. The number of hydrogen-bond donors (Lipinski definition) is 1. The van der Waals surface area contributed by atoms with Crippen LogP contribution < -0.4 is 10.1 Å². The van der Waals surface area contributed by atoms with Gasteiger partial charge in [-0.2, -0.15) is 0 Å². The number of ether oxygens (including phenoxy) is 1. The molecule has 4 aliphatic carbocycles. The number of nitrogens with zero attached hydrogens (tertiary/aromatic N) is 1. The topological polar surface area (TPSA) is 64.4 Å². The summed E-state index contributed by atoms with van der Waals surface area (Å²) in [7, 11) is 0. The Kier molecular flexibility index (Phi) is 4.64. The Morgan fingerprint density at radius 3 is 2.48 bits per heavy atom. The van der Waals surface area contributed by atoms with Crippen LogP contribution in [0.1, 0.15) is 65.0 Å². The summed E-state index contributed by atoms with van der Waals surface area (Å²) in [6.07, 6.45) is 6.52. The fraction of sp³-hybridized carbons (Fsp3) is 0.583. The van der Waals surface area contributed by atoms with Crippen molar-refractivity contribution in [1.29, 1.82) is 0 Å². The fourth-order valence-corrected chi connectivity index (χ4v) is 6.13. The second-order valence-electron chi connectivity index (χ2n) is 9.55. The van der Waals surface area contributed by atoms with Gasteiger partial charge in [0.1, 0.15) is 18.1 Å². The van der Waals surface area contributed by atoms with Crippen LogP contribution in [0.4, 0.5) is 0 Å². The third kappa shape index (κ3) is 3.45. The monoisotopic (exact) mass is 394 g/mol. The van der Waals surface area contributed by atoms with E-state index in [1.54, 1.807) is 0 Å². The molecule has 0 aliphatic heterocycles. The van der Waals surface area contributed by atoms with Crippen LogP contribution in [0.2, 0.25) is 0 Å².